The van der Waals surface area contributed by atoms with E-state index in [1.54, 1.807) is 0 Å². The van der Waals surface area contributed by atoms with Gasteiger partial charge in [-0.05, 0) is 49.3 Å². The third-order valence-electron chi connectivity index (χ3n) is 3.76. The van der Waals surface area contributed by atoms with Gasteiger partial charge in [0.25, 0.3) is 0 Å². The van der Waals surface area contributed by atoms with Gasteiger partial charge in [0.15, 0.2) is 11.6 Å². The van der Waals surface area contributed by atoms with Gasteiger partial charge in [-0.15, -0.1) is 0 Å². The summed E-state index contributed by atoms with van der Waals surface area (Å²) in [6.07, 6.45) is 3.97. The number of carboxylic acids is 1. The van der Waals surface area contributed by atoms with Gasteiger partial charge in [-0.2, -0.15) is 0 Å². The summed E-state index contributed by atoms with van der Waals surface area (Å²) in [4.78, 5) is 10.7. The highest BCUT2D eigenvalue weighted by Crippen LogP contribution is 2.36. The molecule has 0 aromatic heterocycles. The summed E-state index contributed by atoms with van der Waals surface area (Å²) in [5.41, 5.74) is 0.278. The maximum atomic E-state index is 13.7. The number of carboxylic acid groups (broad SMARTS) is 1. The first-order valence-electron chi connectivity index (χ1n) is 6.57. The first kappa shape index (κ1) is 13.8. The number of hydrogen-bond acceptors (Lipinski definition) is 2. The Balaban J connectivity index is 2.02. The highest BCUT2D eigenvalue weighted by atomic mass is 19.1. The van der Waals surface area contributed by atoms with Crippen molar-refractivity contribution in [1.29, 1.82) is 0 Å². The summed E-state index contributed by atoms with van der Waals surface area (Å²) in [6.45, 7) is 4.46. The number of halogens is 1. The largest absolute Gasteiger partial charge is 0.487 e. The van der Waals surface area contributed by atoms with Crippen LogP contribution in [0.3, 0.4) is 0 Å². The molecule has 19 heavy (non-hydrogen) atoms. The Bertz CT molecular complexity index is 472. The van der Waals surface area contributed by atoms with Crippen molar-refractivity contribution in [2.24, 2.45) is 5.41 Å². The van der Waals surface area contributed by atoms with E-state index in [0.717, 1.165) is 31.7 Å². The molecule has 1 fully saturated rings. The Morgan fingerprint density at radius 2 is 2.00 bits per heavy atom. The van der Waals surface area contributed by atoms with Crippen LogP contribution in [0, 0.1) is 11.2 Å². The van der Waals surface area contributed by atoms with Crippen molar-refractivity contribution in [2.45, 2.75) is 45.6 Å². The zero-order valence-electron chi connectivity index (χ0n) is 11.3. The molecule has 0 unspecified atom stereocenters. The minimum Gasteiger partial charge on any atom is -0.487 e. The third kappa shape index (κ3) is 3.46. The Hall–Kier alpha value is -1.58. The van der Waals surface area contributed by atoms with E-state index in [-0.39, 0.29) is 17.4 Å². The molecule has 1 aliphatic rings. The molecule has 2 rings (SSSR count). The zero-order valence-corrected chi connectivity index (χ0v) is 11.3. The van der Waals surface area contributed by atoms with Crippen LogP contribution in [0.1, 0.15) is 49.9 Å². The van der Waals surface area contributed by atoms with Gasteiger partial charge in [0.2, 0.25) is 0 Å². The molecule has 4 heteroatoms. The lowest BCUT2D eigenvalue weighted by atomic mass is 9.76. The fraction of sp³-hybridized carbons (Fsp3) is 0.533. The average molecular weight is 266 g/mol. The number of ether oxygens (including phenoxy) is 1. The van der Waals surface area contributed by atoms with Crippen LogP contribution in [0.2, 0.25) is 0 Å². The molecule has 0 atom stereocenters. The topological polar surface area (TPSA) is 46.5 Å². The summed E-state index contributed by atoms with van der Waals surface area (Å²) >= 11 is 0. The third-order valence-corrected chi connectivity index (χ3v) is 3.76. The van der Waals surface area contributed by atoms with E-state index in [4.69, 9.17) is 9.84 Å². The molecule has 1 aromatic carbocycles. The van der Waals surface area contributed by atoms with Crippen molar-refractivity contribution < 1.29 is 19.0 Å². The average Bonchev–Trinajstić information content (AvgIpc) is 2.34. The van der Waals surface area contributed by atoms with Crippen LogP contribution in [-0.2, 0) is 0 Å². The van der Waals surface area contributed by atoms with Crippen LogP contribution < -0.4 is 4.74 Å². The minimum absolute atomic E-state index is 0.0261. The second-order valence-corrected chi connectivity index (χ2v) is 5.93. The van der Waals surface area contributed by atoms with Crippen LogP contribution in [0.15, 0.2) is 18.2 Å². The molecular formula is C15H19FO3. The smallest absolute Gasteiger partial charge is 0.335 e. The summed E-state index contributed by atoms with van der Waals surface area (Å²) < 4.78 is 19.4. The van der Waals surface area contributed by atoms with Crippen LogP contribution in [-0.4, -0.2) is 17.2 Å². The van der Waals surface area contributed by atoms with E-state index in [0.29, 0.717) is 5.41 Å². The molecule has 1 aromatic rings. The first-order valence-corrected chi connectivity index (χ1v) is 6.57. The summed E-state index contributed by atoms with van der Waals surface area (Å²) in [5, 5.41) is 8.77. The van der Waals surface area contributed by atoms with Crippen LogP contribution in [0.4, 0.5) is 4.39 Å². The molecule has 0 spiro atoms. The molecule has 1 saturated carbocycles. The lowest BCUT2D eigenvalue weighted by molar-refractivity contribution is 0.0695. The maximum absolute atomic E-state index is 13.7. The molecular weight excluding hydrogens is 247 g/mol. The fourth-order valence-corrected chi connectivity index (χ4v) is 2.40. The molecule has 0 radical (unpaired) electrons. The summed E-state index contributed by atoms with van der Waals surface area (Å²) in [7, 11) is 0. The Morgan fingerprint density at radius 1 is 1.37 bits per heavy atom. The lowest BCUT2D eigenvalue weighted by Crippen LogP contribution is -2.28. The van der Waals surface area contributed by atoms with Gasteiger partial charge in [-0.3, -0.25) is 0 Å². The van der Waals surface area contributed by atoms with Crippen LogP contribution in [0.25, 0.3) is 0 Å². The summed E-state index contributed by atoms with van der Waals surface area (Å²) in [6, 6.07) is 3.77. The second kappa shape index (κ2) is 5.19. The van der Waals surface area contributed by atoms with Gasteiger partial charge in [0.05, 0.1) is 11.7 Å². The molecule has 0 amide bonds. The van der Waals surface area contributed by atoms with E-state index in [1.165, 1.54) is 12.1 Å². The van der Waals surface area contributed by atoms with E-state index < -0.39 is 11.8 Å². The predicted molar refractivity (Wildman–Crippen MR) is 70.0 cm³/mol. The molecule has 3 nitrogen and oxygen atoms in total. The number of carbonyl (C=O) groups is 1. The first-order chi connectivity index (χ1) is 8.87. The van der Waals surface area contributed by atoms with E-state index in [2.05, 4.69) is 13.8 Å². The summed E-state index contributed by atoms with van der Waals surface area (Å²) in [5.74, 6) is -1.59. The molecule has 104 valence electrons. The monoisotopic (exact) mass is 266 g/mol. The molecule has 1 aliphatic carbocycles. The van der Waals surface area contributed by atoms with Gasteiger partial charge in [0, 0.05) is 0 Å². The molecule has 1 N–H and O–H groups in total. The quantitative estimate of drug-likeness (QED) is 0.903. The van der Waals surface area contributed by atoms with Gasteiger partial charge in [0.1, 0.15) is 0 Å². The molecule has 0 aliphatic heterocycles. The van der Waals surface area contributed by atoms with E-state index in [1.807, 2.05) is 0 Å². The highest BCUT2D eigenvalue weighted by molar-refractivity contribution is 5.87. The highest BCUT2D eigenvalue weighted by Gasteiger charge is 2.28. The lowest BCUT2D eigenvalue weighted by Gasteiger charge is -2.34. The van der Waals surface area contributed by atoms with Crippen molar-refractivity contribution in [3.05, 3.63) is 29.6 Å². The number of benzene rings is 1. The van der Waals surface area contributed by atoms with Crippen molar-refractivity contribution in [1.82, 2.24) is 0 Å². The number of rotatable bonds is 3. The maximum Gasteiger partial charge on any atom is 0.335 e. The van der Waals surface area contributed by atoms with Gasteiger partial charge in [-0.25, -0.2) is 9.18 Å². The number of aromatic carboxylic acids is 1. The SMILES string of the molecule is CC1(C)CCC(Oc2ccc(C(=O)O)cc2F)CC1. The van der Waals surface area contributed by atoms with E-state index in [9.17, 15) is 9.18 Å². The Labute approximate surface area is 112 Å². The van der Waals surface area contributed by atoms with Gasteiger partial charge < -0.3 is 9.84 Å². The zero-order chi connectivity index (χ0) is 14.0. The minimum atomic E-state index is -1.13. The normalized spacial score (nSPS) is 19.1. The van der Waals surface area contributed by atoms with Gasteiger partial charge in [-0.1, -0.05) is 13.8 Å². The second-order valence-electron chi connectivity index (χ2n) is 5.93. The van der Waals surface area contributed by atoms with Gasteiger partial charge >= 0.3 is 5.97 Å². The Kier molecular flexibility index (Phi) is 3.78. The number of hydrogen-bond donors (Lipinski definition) is 1. The van der Waals surface area contributed by atoms with Crippen molar-refractivity contribution in [3.63, 3.8) is 0 Å². The molecule has 0 saturated heterocycles. The van der Waals surface area contributed by atoms with Crippen LogP contribution in [0.5, 0.6) is 5.75 Å². The van der Waals surface area contributed by atoms with Crippen molar-refractivity contribution in [3.8, 4) is 5.75 Å². The molecule has 0 heterocycles. The van der Waals surface area contributed by atoms with Crippen molar-refractivity contribution in [2.75, 3.05) is 0 Å². The molecule has 0 bridgehead atoms. The Morgan fingerprint density at radius 3 is 2.53 bits per heavy atom. The predicted octanol–water partition coefficient (Wildman–Crippen LogP) is 3.87. The van der Waals surface area contributed by atoms with Crippen LogP contribution >= 0.6 is 0 Å². The standard InChI is InChI=1S/C15H19FO3/c1-15(2)7-5-11(6-8-15)19-13-4-3-10(14(17)18)9-12(13)16/h3-4,9,11H,5-8H2,1-2H3,(H,17,18). The van der Waals surface area contributed by atoms with E-state index >= 15 is 0 Å². The fourth-order valence-electron chi connectivity index (χ4n) is 2.40. The van der Waals surface area contributed by atoms with Crippen molar-refractivity contribution >= 4 is 5.97 Å².